The number of aryl methyl sites for hydroxylation is 2. The molecule has 1 atom stereocenters. The van der Waals surface area contributed by atoms with Crippen molar-refractivity contribution in [3.05, 3.63) is 29.3 Å². The van der Waals surface area contributed by atoms with Crippen LogP contribution in [0.3, 0.4) is 0 Å². The lowest BCUT2D eigenvalue weighted by Crippen LogP contribution is -2.35. The first-order valence-electron chi connectivity index (χ1n) is 6.41. The molecule has 0 fully saturated rings. The van der Waals surface area contributed by atoms with Crippen LogP contribution in [-0.2, 0) is 6.42 Å². The number of rotatable bonds is 4. The fraction of sp³-hybridized carbons (Fsp3) is 0.571. The molecule has 17 heavy (non-hydrogen) atoms. The standard InChI is InChI=1S/C14H22N2O/c1-11-4-5-14-12(9-11)3-2-7-16(14)8-6-13(15)10-17/h4-5,9,13,17H,2-3,6-8,10,15H2,1H3. The van der Waals surface area contributed by atoms with Crippen LogP contribution in [0.1, 0.15) is 24.0 Å². The maximum Gasteiger partial charge on any atom is 0.0583 e. The number of nitrogens with two attached hydrogens (primary N) is 1. The molecule has 1 aromatic carbocycles. The Morgan fingerprint density at radius 2 is 2.29 bits per heavy atom. The van der Waals surface area contributed by atoms with Crippen LogP contribution in [0.15, 0.2) is 18.2 Å². The van der Waals surface area contributed by atoms with E-state index in [2.05, 4.69) is 30.0 Å². The summed E-state index contributed by atoms with van der Waals surface area (Å²) in [5.74, 6) is 0. The summed E-state index contributed by atoms with van der Waals surface area (Å²) in [5, 5.41) is 8.95. The summed E-state index contributed by atoms with van der Waals surface area (Å²) in [6.45, 7) is 4.27. The summed E-state index contributed by atoms with van der Waals surface area (Å²) in [4.78, 5) is 2.40. The Morgan fingerprint density at radius 1 is 1.47 bits per heavy atom. The van der Waals surface area contributed by atoms with Crippen molar-refractivity contribution in [2.45, 2.75) is 32.2 Å². The Labute approximate surface area is 103 Å². The van der Waals surface area contributed by atoms with Gasteiger partial charge in [0.25, 0.3) is 0 Å². The molecule has 0 amide bonds. The third-order valence-corrected chi connectivity index (χ3v) is 3.45. The van der Waals surface area contributed by atoms with Gasteiger partial charge in [0.1, 0.15) is 0 Å². The Morgan fingerprint density at radius 3 is 3.06 bits per heavy atom. The molecule has 94 valence electrons. The van der Waals surface area contributed by atoms with Gasteiger partial charge in [0, 0.05) is 24.8 Å². The van der Waals surface area contributed by atoms with Crippen LogP contribution in [-0.4, -0.2) is 30.8 Å². The van der Waals surface area contributed by atoms with Gasteiger partial charge in [-0.3, -0.25) is 0 Å². The third-order valence-electron chi connectivity index (χ3n) is 3.45. The number of nitrogens with zero attached hydrogens (tertiary/aromatic N) is 1. The first kappa shape index (κ1) is 12.4. The molecule has 0 spiro atoms. The lowest BCUT2D eigenvalue weighted by atomic mass is 9.99. The van der Waals surface area contributed by atoms with E-state index in [0.717, 1.165) is 19.5 Å². The highest BCUT2D eigenvalue weighted by Crippen LogP contribution is 2.27. The average Bonchev–Trinajstić information content (AvgIpc) is 2.35. The minimum Gasteiger partial charge on any atom is -0.395 e. The average molecular weight is 234 g/mol. The summed E-state index contributed by atoms with van der Waals surface area (Å²) >= 11 is 0. The van der Waals surface area contributed by atoms with E-state index in [-0.39, 0.29) is 12.6 Å². The minimum atomic E-state index is -0.0918. The number of aliphatic hydroxyl groups excluding tert-OH is 1. The van der Waals surface area contributed by atoms with Gasteiger partial charge >= 0.3 is 0 Å². The fourth-order valence-electron chi connectivity index (χ4n) is 2.45. The molecule has 0 radical (unpaired) electrons. The Kier molecular flexibility index (Phi) is 4.02. The fourth-order valence-corrected chi connectivity index (χ4v) is 2.45. The molecular weight excluding hydrogens is 212 g/mol. The molecule has 0 saturated heterocycles. The number of anilines is 1. The van der Waals surface area contributed by atoms with Gasteiger partial charge in [0.2, 0.25) is 0 Å². The SMILES string of the molecule is Cc1ccc2c(c1)CCCN2CCC(N)CO. The molecule has 3 nitrogen and oxygen atoms in total. The van der Waals surface area contributed by atoms with E-state index in [4.69, 9.17) is 10.8 Å². The second-order valence-electron chi connectivity index (χ2n) is 4.95. The van der Waals surface area contributed by atoms with E-state index < -0.39 is 0 Å². The largest absolute Gasteiger partial charge is 0.395 e. The topological polar surface area (TPSA) is 49.5 Å². The molecule has 0 aromatic heterocycles. The van der Waals surface area contributed by atoms with Crippen LogP contribution in [0.4, 0.5) is 5.69 Å². The molecule has 1 aliphatic rings. The summed E-state index contributed by atoms with van der Waals surface area (Å²) in [5.41, 5.74) is 9.90. The van der Waals surface area contributed by atoms with Gasteiger partial charge in [-0.25, -0.2) is 0 Å². The highest BCUT2D eigenvalue weighted by molar-refractivity contribution is 5.56. The molecule has 1 aromatic rings. The summed E-state index contributed by atoms with van der Waals surface area (Å²) in [7, 11) is 0. The van der Waals surface area contributed by atoms with Crippen molar-refractivity contribution in [1.82, 2.24) is 0 Å². The van der Waals surface area contributed by atoms with E-state index >= 15 is 0 Å². The van der Waals surface area contributed by atoms with E-state index in [9.17, 15) is 0 Å². The zero-order chi connectivity index (χ0) is 12.3. The second kappa shape index (κ2) is 5.52. The molecule has 0 bridgehead atoms. The molecule has 3 N–H and O–H groups in total. The van der Waals surface area contributed by atoms with E-state index in [1.807, 2.05) is 0 Å². The smallest absolute Gasteiger partial charge is 0.0583 e. The third kappa shape index (κ3) is 2.99. The molecule has 0 saturated carbocycles. The van der Waals surface area contributed by atoms with E-state index in [1.54, 1.807) is 0 Å². The molecule has 2 rings (SSSR count). The van der Waals surface area contributed by atoms with Gasteiger partial charge < -0.3 is 15.7 Å². The van der Waals surface area contributed by atoms with Gasteiger partial charge in [-0.15, -0.1) is 0 Å². The normalized spacial score (nSPS) is 16.8. The first-order chi connectivity index (χ1) is 8.20. The summed E-state index contributed by atoms with van der Waals surface area (Å²) in [6.07, 6.45) is 3.24. The van der Waals surface area contributed by atoms with Gasteiger partial charge in [-0.05, 0) is 37.8 Å². The lowest BCUT2D eigenvalue weighted by Gasteiger charge is -2.32. The predicted molar refractivity (Wildman–Crippen MR) is 71.4 cm³/mol. The summed E-state index contributed by atoms with van der Waals surface area (Å²) < 4.78 is 0. The highest BCUT2D eigenvalue weighted by atomic mass is 16.3. The van der Waals surface area contributed by atoms with Gasteiger partial charge in [0.15, 0.2) is 0 Å². The van der Waals surface area contributed by atoms with Gasteiger partial charge in [-0.1, -0.05) is 17.7 Å². The summed E-state index contributed by atoms with van der Waals surface area (Å²) in [6, 6.07) is 6.58. The number of hydrogen-bond donors (Lipinski definition) is 2. The van der Waals surface area contributed by atoms with Crippen LogP contribution in [0.25, 0.3) is 0 Å². The van der Waals surface area contributed by atoms with Gasteiger partial charge in [0.05, 0.1) is 6.61 Å². The van der Waals surface area contributed by atoms with Crippen LogP contribution < -0.4 is 10.6 Å². The number of hydrogen-bond acceptors (Lipinski definition) is 3. The van der Waals surface area contributed by atoms with Crippen molar-refractivity contribution in [1.29, 1.82) is 0 Å². The van der Waals surface area contributed by atoms with Crippen LogP contribution in [0.5, 0.6) is 0 Å². The first-order valence-corrected chi connectivity index (χ1v) is 6.41. The van der Waals surface area contributed by atoms with E-state index in [1.165, 1.54) is 29.7 Å². The second-order valence-corrected chi connectivity index (χ2v) is 4.95. The van der Waals surface area contributed by atoms with Crippen LogP contribution >= 0.6 is 0 Å². The molecule has 1 heterocycles. The number of benzene rings is 1. The predicted octanol–water partition coefficient (Wildman–Crippen LogP) is 1.46. The van der Waals surface area contributed by atoms with Gasteiger partial charge in [-0.2, -0.15) is 0 Å². The van der Waals surface area contributed by atoms with Crippen LogP contribution in [0, 0.1) is 6.92 Å². The number of fused-ring (bicyclic) bond motifs is 1. The zero-order valence-electron chi connectivity index (χ0n) is 10.5. The quantitative estimate of drug-likeness (QED) is 0.829. The van der Waals surface area contributed by atoms with Crippen LogP contribution in [0.2, 0.25) is 0 Å². The molecular formula is C14H22N2O. The molecule has 0 aliphatic carbocycles. The Balaban J connectivity index is 2.06. The van der Waals surface area contributed by atoms with Crippen molar-refractivity contribution in [3.8, 4) is 0 Å². The highest BCUT2D eigenvalue weighted by Gasteiger charge is 2.16. The van der Waals surface area contributed by atoms with Crippen molar-refractivity contribution >= 4 is 5.69 Å². The van der Waals surface area contributed by atoms with Crippen molar-refractivity contribution in [2.24, 2.45) is 5.73 Å². The zero-order valence-corrected chi connectivity index (χ0v) is 10.5. The van der Waals surface area contributed by atoms with E-state index in [0.29, 0.717) is 0 Å². The monoisotopic (exact) mass is 234 g/mol. The van der Waals surface area contributed by atoms with Crippen molar-refractivity contribution < 1.29 is 5.11 Å². The van der Waals surface area contributed by atoms with Crippen molar-refractivity contribution in [2.75, 3.05) is 24.6 Å². The molecule has 3 heteroatoms. The lowest BCUT2D eigenvalue weighted by molar-refractivity contribution is 0.260. The maximum atomic E-state index is 8.95. The minimum absolute atomic E-state index is 0.0780. The molecule has 1 aliphatic heterocycles. The van der Waals surface area contributed by atoms with Crippen molar-refractivity contribution in [3.63, 3.8) is 0 Å². The molecule has 1 unspecified atom stereocenters. The maximum absolute atomic E-state index is 8.95. The number of aliphatic hydroxyl groups is 1. The Hall–Kier alpha value is -1.06. The Bertz CT molecular complexity index is 378.